The van der Waals surface area contributed by atoms with Crippen LogP contribution in [0, 0.1) is 0 Å². The van der Waals surface area contributed by atoms with Crippen molar-refractivity contribution in [3.05, 3.63) is 102 Å². The molecule has 2 amide bonds. The van der Waals surface area contributed by atoms with Crippen LogP contribution in [0.15, 0.2) is 91.0 Å². The van der Waals surface area contributed by atoms with E-state index in [9.17, 15) is 9.59 Å². The van der Waals surface area contributed by atoms with Crippen molar-refractivity contribution < 1.29 is 14.3 Å². The Hall–Kier alpha value is -4.39. The Balaban J connectivity index is 1.62. The number of ether oxygens (including phenoxy) is 1. The maximum Gasteiger partial charge on any atom is 0.276 e. The number of anilines is 1. The molecule has 148 valence electrons. The summed E-state index contributed by atoms with van der Waals surface area (Å²) in [4.78, 5) is 24.7. The van der Waals surface area contributed by atoms with E-state index in [1.807, 2.05) is 42.5 Å². The highest BCUT2D eigenvalue weighted by Gasteiger charge is 2.19. The average molecular weight is 398 g/mol. The highest BCUT2D eigenvalue weighted by Crippen LogP contribution is 2.29. The van der Waals surface area contributed by atoms with Gasteiger partial charge in [0.15, 0.2) is 11.4 Å². The van der Waals surface area contributed by atoms with Gasteiger partial charge in [0.1, 0.15) is 11.4 Å². The van der Waals surface area contributed by atoms with Crippen LogP contribution in [-0.2, 0) is 0 Å². The Morgan fingerprint density at radius 3 is 2.20 bits per heavy atom. The van der Waals surface area contributed by atoms with Crippen LogP contribution in [0.5, 0.6) is 11.5 Å². The SMILES string of the molecule is NC(=O)c1cc(C(=O)Nc2ccccc2Oc2ccccc2)nn1-c1ccccc1. The summed E-state index contributed by atoms with van der Waals surface area (Å²) in [5.74, 6) is -0.0484. The summed E-state index contributed by atoms with van der Waals surface area (Å²) in [7, 11) is 0. The molecule has 0 aliphatic heterocycles. The van der Waals surface area contributed by atoms with Crippen molar-refractivity contribution in [2.45, 2.75) is 0 Å². The number of hydrogen-bond donors (Lipinski definition) is 2. The Morgan fingerprint density at radius 1 is 0.867 bits per heavy atom. The molecule has 3 aromatic carbocycles. The van der Waals surface area contributed by atoms with Crippen LogP contribution >= 0.6 is 0 Å². The third-order valence-corrected chi connectivity index (χ3v) is 4.30. The monoisotopic (exact) mass is 398 g/mol. The number of carbonyl (C=O) groups excluding carboxylic acids is 2. The highest BCUT2D eigenvalue weighted by molar-refractivity contribution is 6.05. The lowest BCUT2D eigenvalue weighted by molar-refractivity contribution is 0.0991. The summed E-state index contributed by atoms with van der Waals surface area (Å²) >= 11 is 0. The fourth-order valence-corrected chi connectivity index (χ4v) is 2.89. The molecule has 0 aliphatic carbocycles. The van der Waals surface area contributed by atoms with Crippen LogP contribution in [0.25, 0.3) is 5.69 Å². The van der Waals surface area contributed by atoms with Crippen molar-refractivity contribution in [3.8, 4) is 17.2 Å². The zero-order valence-electron chi connectivity index (χ0n) is 15.9. The number of nitrogens with one attached hydrogen (secondary N) is 1. The van der Waals surface area contributed by atoms with Crippen LogP contribution in [-0.4, -0.2) is 21.6 Å². The van der Waals surface area contributed by atoms with E-state index in [1.54, 1.807) is 42.5 Å². The van der Waals surface area contributed by atoms with E-state index in [-0.39, 0.29) is 11.4 Å². The van der Waals surface area contributed by atoms with Crippen molar-refractivity contribution in [3.63, 3.8) is 0 Å². The smallest absolute Gasteiger partial charge is 0.276 e. The first-order chi connectivity index (χ1) is 14.6. The molecular weight excluding hydrogens is 380 g/mol. The number of amides is 2. The topological polar surface area (TPSA) is 99.2 Å². The second kappa shape index (κ2) is 8.32. The molecule has 30 heavy (non-hydrogen) atoms. The lowest BCUT2D eigenvalue weighted by Gasteiger charge is -2.11. The minimum Gasteiger partial charge on any atom is -0.455 e. The number of carbonyl (C=O) groups is 2. The number of hydrogen-bond acceptors (Lipinski definition) is 4. The van der Waals surface area contributed by atoms with Gasteiger partial charge in [0.05, 0.1) is 11.4 Å². The second-order valence-electron chi connectivity index (χ2n) is 6.39. The van der Waals surface area contributed by atoms with Gasteiger partial charge in [0.2, 0.25) is 0 Å². The average Bonchev–Trinajstić information content (AvgIpc) is 3.23. The van der Waals surface area contributed by atoms with Gasteiger partial charge in [-0.15, -0.1) is 0 Å². The maximum atomic E-state index is 12.8. The van der Waals surface area contributed by atoms with Crippen molar-refractivity contribution in [1.82, 2.24) is 9.78 Å². The minimum absolute atomic E-state index is 0.0576. The molecule has 0 atom stereocenters. The van der Waals surface area contributed by atoms with Gasteiger partial charge in [-0.3, -0.25) is 9.59 Å². The number of nitrogens with two attached hydrogens (primary N) is 1. The molecule has 7 heteroatoms. The van der Waals surface area contributed by atoms with Crippen molar-refractivity contribution >= 4 is 17.5 Å². The third kappa shape index (κ3) is 4.05. The lowest BCUT2D eigenvalue weighted by Crippen LogP contribution is -2.16. The highest BCUT2D eigenvalue weighted by atomic mass is 16.5. The molecule has 3 N–H and O–H groups in total. The molecule has 0 fully saturated rings. The Kier molecular flexibility index (Phi) is 5.25. The molecule has 0 radical (unpaired) electrons. The summed E-state index contributed by atoms with van der Waals surface area (Å²) < 4.78 is 7.22. The Labute approximate surface area is 172 Å². The van der Waals surface area contributed by atoms with E-state index >= 15 is 0 Å². The largest absolute Gasteiger partial charge is 0.455 e. The number of para-hydroxylation sites is 4. The molecule has 0 saturated carbocycles. The van der Waals surface area contributed by atoms with Gasteiger partial charge >= 0.3 is 0 Å². The molecular formula is C23H18N4O3. The van der Waals surface area contributed by atoms with Crippen molar-refractivity contribution in [2.24, 2.45) is 5.73 Å². The van der Waals surface area contributed by atoms with Crippen molar-refractivity contribution in [2.75, 3.05) is 5.32 Å². The molecule has 0 aliphatic rings. The normalized spacial score (nSPS) is 10.4. The fraction of sp³-hybridized carbons (Fsp3) is 0. The number of rotatable bonds is 6. The van der Waals surface area contributed by atoms with E-state index in [4.69, 9.17) is 10.5 Å². The number of nitrogens with zero attached hydrogens (tertiary/aromatic N) is 2. The van der Waals surface area contributed by atoms with Gasteiger partial charge in [0, 0.05) is 6.07 Å². The third-order valence-electron chi connectivity index (χ3n) is 4.30. The van der Waals surface area contributed by atoms with Gasteiger partial charge in [-0.05, 0) is 36.4 Å². The predicted molar refractivity (Wildman–Crippen MR) is 113 cm³/mol. The number of aromatic nitrogens is 2. The summed E-state index contributed by atoms with van der Waals surface area (Å²) in [6.07, 6.45) is 0. The zero-order chi connectivity index (χ0) is 20.9. The van der Waals surface area contributed by atoms with Gasteiger partial charge in [-0.2, -0.15) is 5.10 Å². The van der Waals surface area contributed by atoms with Crippen molar-refractivity contribution in [1.29, 1.82) is 0 Å². The van der Waals surface area contributed by atoms with Gasteiger partial charge in [-0.25, -0.2) is 4.68 Å². The number of benzene rings is 3. The summed E-state index contributed by atoms with van der Waals surface area (Å²) in [6, 6.07) is 26.7. The first kappa shape index (κ1) is 18.9. The van der Waals surface area contributed by atoms with E-state index in [2.05, 4.69) is 10.4 Å². The molecule has 0 unspecified atom stereocenters. The van der Waals surface area contributed by atoms with Gasteiger partial charge < -0.3 is 15.8 Å². The van der Waals surface area contributed by atoms with Gasteiger partial charge in [-0.1, -0.05) is 48.5 Å². The van der Waals surface area contributed by atoms with Crippen LogP contribution in [0.2, 0.25) is 0 Å². The molecule has 1 heterocycles. The van der Waals surface area contributed by atoms with Crippen LogP contribution in [0.1, 0.15) is 21.0 Å². The Morgan fingerprint density at radius 2 is 1.50 bits per heavy atom. The van der Waals surface area contributed by atoms with E-state index < -0.39 is 11.8 Å². The Bertz CT molecular complexity index is 1190. The van der Waals surface area contributed by atoms with E-state index in [0.29, 0.717) is 22.9 Å². The molecule has 1 aromatic heterocycles. The van der Waals surface area contributed by atoms with Crippen LogP contribution < -0.4 is 15.8 Å². The van der Waals surface area contributed by atoms with E-state index in [1.165, 1.54) is 10.7 Å². The molecule has 7 nitrogen and oxygen atoms in total. The fourth-order valence-electron chi connectivity index (χ4n) is 2.89. The maximum absolute atomic E-state index is 12.8. The minimum atomic E-state index is -0.682. The lowest BCUT2D eigenvalue weighted by atomic mass is 10.2. The quantitative estimate of drug-likeness (QED) is 0.512. The molecule has 4 aromatic rings. The second-order valence-corrected chi connectivity index (χ2v) is 6.39. The summed E-state index contributed by atoms with van der Waals surface area (Å²) in [5.41, 5.74) is 6.74. The molecule has 0 spiro atoms. The summed E-state index contributed by atoms with van der Waals surface area (Å²) in [6.45, 7) is 0. The summed E-state index contributed by atoms with van der Waals surface area (Å²) in [5, 5.41) is 7.06. The van der Waals surface area contributed by atoms with Crippen LogP contribution in [0.3, 0.4) is 0 Å². The van der Waals surface area contributed by atoms with Crippen LogP contribution in [0.4, 0.5) is 5.69 Å². The first-order valence-electron chi connectivity index (χ1n) is 9.20. The predicted octanol–water partition coefficient (Wildman–Crippen LogP) is 4.02. The first-order valence-corrected chi connectivity index (χ1v) is 9.20. The molecule has 4 rings (SSSR count). The number of primary amides is 1. The van der Waals surface area contributed by atoms with E-state index in [0.717, 1.165) is 0 Å². The molecule has 0 bridgehead atoms. The zero-order valence-corrected chi connectivity index (χ0v) is 15.9. The molecule has 0 saturated heterocycles. The standard InChI is InChI=1S/C23H18N4O3/c24-22(28)20-15-19(26-27(20)16-9-3-1-4-10-16)23(29)25-18-13-7-8-14-21(18)30-17-11-5-2-6-12-17/h1-15H,(H2,24,28)(H,25,29). The van der Waals surface area contributed by atoms with Gasteiger partial charge in [0.25, 0.3) is 11.8 Å².